The number of aromatic nitrogens is 3. The van der Waals surface area contributed by atoms with Crippen LogP contribution in [0.4, 0.5) is 18.9 Å². The largest absolute Gasteiger partial charge is 0.406 e. The van der Waals surface area contributed by atoms with Gasteiger partial charge in [-0.15, -0.1) is 5.10 Å². The van der Waals surface area contributed by atoms with Gasteiger partial charge in [-0.2, -0.15) is 13.2 Å². The molecule has 2 aromatic carbocycles. The Morgan fingerprint density at radius 1 is 1.10 bits per heavy atom. The van der Waals surface area contributed by atoms with Crippen LogP contribution < -0.4 is 0 Å². The summed E-state index contributed by atoms with van der Waals surface area (Å²) < 4.78 is 40.5. The maximum Gasteiger partial charge on any atom is 0.406 e. The SMILES string of the molecule is O=C(c1cn(Cc2ccccc2)nn1)N(Cc1ccccc1[N+](=O)[O-])CC(F)(F)F. The molecule has 11 heteroatoms. The molecular formula is C19H16F3N5O3. The van der Waals surface area contributed by atoms with E-state index in [0.29, 0.717) is 4.90 Å². The molecule has 0 unspecified atom stereocenters. The molecule has 0 spiro atoms. The number of amides is 1. The molecule has 30 heavy (non-hydrogen) atoms. The van der Waals surface area contributed by atoms with E-state index in [-0.39, 0.29) is 23.5 Å². The molecule has 0 N–H and O–H groups in total. The van der Waals surface area contributed by atoms with E-state index in [1.807, 2.05) is 30.3 Å². The van der Waals surface area contributed by atoms with Gasteiger partial charge in [-0.05, 0) is 5.56 Å². The predicted molar refractivity (Wildman–Crippen MR) is 99.5 cm³/mol. The smallest absolute Gasteiger partial charge is 0.324 e. The Balaban J connectivity index is 1.84. The van der Waals surface area contributed by atoms with Crippen LogP contribution in [0.25, 0.3) is 0 Å². The number of nitro groups is 1. The van der Waals surface area contributed by atoms with Crippen LogP contribution in [0.5, 0.6) is 0 Å². The third kappa shape index (κ3) is 5.40. The molecule has 1 heterocycles. The van der Waals surface area contributed by atoms with Crippen molar-refractivity contribution in [1.29, 1.82) is 0 Å². The lowest BCUT2D eigenvalue weighted by Crippen LogP contribution is -2.38. The van der Waals surface area contributed by atoms with Crippen LogP contribution in [0.3, 0.4) is 0 Å². The molecule has 8 nitrogen and oxygen atoms in total. The maximum atomic E-state index is 13.1. The molecular weight excluding hydrogens is 403 g/mol. The lowest BCUT2D eigenvalue weighted by molar-refractivity contribution is -0.385. The van der Waals surface area contributed by atoms with E-state index in [0.717, 1.165) is 5.56 Å². The van der Waals surface area contributed by atoms with Crippen molar-refractivity contribution >= 4 is 11.6 Å². The summed E-state index contributed by atoms with van der Waals surface area (Å²) in [6.07, 6.45) is -3.45. The molecule has 0 saturated heterocycles. The van der Waals surface area contributed by atoms with Gasteiger partial charge in [0.05, 0.1) is 24.2 Å². The quantitative estimate of drug-likeness (QED) is 0.432. The summed E-state index contributed by atoms with van der Waals surface area (Å²) in [5, 5.41) is 18.6. The Morgan fingerprint density at radius 3 is 2.43 bits per heavy atom. The van der Waals surface area contributed by atoms with Gasteiger partial charge in [0.2, 0.25) is 0 Å². The standard InChI is InChI=1S/C19H16F3N5O3/c20-19(21,22)13-25(11-15-8-4-5-9-17(15)27(29)30)18(28)16-12-26(24-23-16)10-14-6-2-1-3-7-14/h1-9,12H,10-11,13H2. The zero-order valence-corrected chi connectivity index (χ0v) is 15.5. The Labute approximate surface area is 168 Å². The van der Waals surface area contributed by atoms with E-state index >= 15 is 0 Å². The van der Waals surface area contributed by atoms with E-state index in [1.54, 1.807) is 0 Å². The number of hydrogen-bond acceptors (Lipinski definition) is 5. The van der Waals surface area contributed by atoms with Crippen LogP contribution in [0.2, 0.25) is 0 Å². The normalized spacial score (nSPS) is 11.3. The summed E-state index contributed by atoms with van der Waals surface area (Å²) in [4.78, 5) is 23.6. The Bertz CT molecular complexity index is 1040. The van der Waals surface area contributed by atoms with Crippen LogP contribution in [0.15, 0.2) is 60.8 Å². The first-order chi connectivity index (χ1) is 14.2. The summed E-state index contributed by atoms with van der Waals surface area (Å²) in [6, 6.07) is 14.4. The average molecular weight is 419 g/mol. The van der Waals surface area contributed by atoms with Crippen molar-refractivity contribution in [2.45, 2.75) is 19.3 Å². The van der Waals surface area contributed by atoms with Crippen molar-refractivity contribution in [2.75, 3.05) is 6.54 Å². The number of benzene rings is 2. The number of nitrogens with zero attached hydrogens (tertiary/aromatic N) is 5. The number of alkyl halides is 3. The maximum absolute atomic E-state index is 13.1. The second kappa shape index (κ2) is 8.72. The van der Waals surface area contributed by atoms with Crippen molar-refractivity contribution in [3.8, 4) is 0 Å². The fourth-order valence-corrected chi connectivity index (χ4v) is 2.85. The van der Waals surface area contributed by atoms with Crippen LogP contribution in [0.1, 0.15) is 21.6 Å². The van der Waals surface area contributed by atoms with Crippen LogP contribution >= 0.6 is 0 Å². The van der Waals surface area contributed by atoms with Gasteiger partial charge in [0, 0.05) is 11.6 Å². The molecule has 0 radical (unpaired) electrons. The first kappa shape index (κ1) is 21.0. The molecule has 1 aromatic heterocycles. The fraction of sp³-hybridized carbons (Fsp3) is 0.211. The number of rotatable bonds is 7. The number of halogens is 3. The number of para-hydroxylation sites is 1. The highest BCUT2D eigenvalue weighted by molar-refractivity contribution is 5.92. The van der Waals surface area contributed by atoms with Crippen molar-refractivity contribution in [2.24, 2.45) is 0 Å². The van der Waals surface area contributed by atoms with E-state index in [9.17, 15) is 28.1 Å². The van der Waals surface area contributed by atoms with E-state index in [4.69, 9.17) is 0 Å². The van der Waals surface area contributed by atoms with Crippen molar-refractivity contribution in [3.05, 3.63) is 87.7 Å². The Morgan fingerprint density at radius 2 is 1.77 bits per heavy atom. The molecule has 0 aliphatic carbocycles. The molecule has 0 bridgehead atoms. The van der Waals surface area contributed by atoms with Gasteiger partial charge in [0.15, 0.2) is 5.69 Å². The molecule has 3 aromatic rings. The molecule has 1 amide bonds. The van der Waals surface area contributed by atoms with Crippen molar-refractivity contribution < 1.29 is 22.9 Å². The second-order valence-corrected chi connectivity index (χ2v) is 6.45. The van der Waals surface area contributed by atoms with Gasteiger partial charge >= 0.3 is 6.18 Å². The zero-order chi connectivity index (χ0) is 21.7. The van der Waals surface area contributed by atoms with E-state index < -0.39 is 30.1 Å². The highest BCUT2D eigenvalue weighted by atomic mass is 19.4. The van der Waals surface area contributed by atoms with Gasteiger partial charge in [-0.1, -0.05) is 53.7 Å². The van der Waals surface area contributed by atoms with E-state index in [1.165, 1.54) is 35.1 Å². The first-order valence-electron chi connectivity index (χ1n) is 8.75. The van der Waals surface area contributed by atoms with Crippen LogP contribution in [-0.4, -0.2) is 43.4 Å². The highest BCUT2D eigenvalue weighted by Crippen LogP contribution is 2.24. The Hall–Kier alpha value is -3.76. The number of carbonyl (C=O) groups is 1. The number of nitro benzene ring substituents is 1. The first-order valence-corrected chi connectivity index (χ1v) is 8.75. The summed E-state index contributed by atoms with van der Waals surface area (Å²) in [6.45, 7) is -1.89. The summed E-state index contributed by atoms with van der Waals surface area (Å²) >= 11 is 0. The lowest BCUT2D eigenvalue weighted by Gasteiger charge is -2.23. The number of carbonyl (C=O) groups excluding carboxylic acids is 1. The topological polar surface area (TPSA) is 94.2 Å². The zero-order valence-electron chi connectivity index (χ0n) is 15.5. The second-order valence-electron chi connectivity index (χ2n) is 6.45. The van der Waals surface area contributed by atoms with Crippen molar-refractivity contribution in [1.82, 2.24) is 19.9 Å². The monoisotopic (exact) mass is 419 g/mol. The number of hydrogen-bond donors (Lipinski definition) is 0. The van der Waals surface area contributed by atoms with Gasteiger partial charge in [0.25, 0.3) is 11.6 Å². The third-order valence-corrected chi connectivity index (χ3v) is 4.15. The minimum atomic E-state index is -4.70. The highest BCUT2D eigenvalue weighted by Gasteiger charge is 2.35. The van der Waals surface area contributed by atoms with Crippen molar-refractivity contribution in [3.63, 3.8) is 0 Å². The van der Waals surface area contributed by atoms with Gasteiger partial charge in [-0.3, -0.25) is 14.9 Å². The summed E-state index contributed by atoms with van der Waals surface area (Å²) in [5.41, 5.74) is 0.198. The molecule has 0 fully saturated rings. The van der Waals surface area contributed by atoms with Gasteiger partial charge in [0.1, 0.15) is 6.54 Å². The third-order valence-electron chi connectivity index (χ3n) is 4.15. The van der Waals surface area contributed by atoms with Crippen LogP contribution in [0, 0.1) is 10.1 Å². The average Bonchev–Trinajstić information content (AvgIpc) is 3.15. The lowest BCUT2D eigenvalue weighted by atomic mass is 10.1. The molecule has 3 rings (SSSR count). The Kier molecular flexibility index (Phi) is 6.09. The molecule has 0 saturated carbocycles. The fourth-order valence-electron chi connectivity index (χ4n) is 2.85. The van der Waals surface area contributed by atoms with Gasteiger partial charge < -0.3 is 4.90 Å². The molecule has 0 aliphatic heterocycles. The van der Waals surface area contributed by atoms with E-state index in [2.05, 4.69) is 10.3 Å². The van der Waals surface area contributed by atoms with Crippen LogP contribution in [-0.2, 0) is 13.1 Å². The summed E-state index contributed by atoms with van der Waals surface area (Å²) in [7, 11) is 0. The molecule has 156 valence electrons. The predicted octanol–water partition coefficient (Wildman–Crippen LogP) is 3.44. The molecule has 0 atom stereocenters. The molecule has 0 aliphatic rings. The minimum absolute atomic E-state index is 0.0169. The summed E-state index contributed by atoms with van der Waals surface area (Å²) in [5.74, 6) is -1.02. The minimum Gasteiger partial charge on any atom is -0.324 e. The van der Waals surface area contributed by atoms with Gasteiger partial charge in [-0.25, -0.2) is 4.68 Å².